The summed E-state index contributed by atoms with van der Waals surface area (Å²) in [6.07, 6.45) is 8.48. The van der Waals surface area contributed by atoms with Crippen LogP contribution in [0.4, 0.5) is 0 Å². The van der Waals surface area contributed by atoms with Crippen LogP contribution in [0.2, 0.25) is 5.02 Å². The molecule has 8 nitrogen and oxygen atoms in total. The highest BCUT2D eigenvalue weighted by atomic mass is 35.5. The first-order chi connectivity index (χ1) is 19.6. The Bertz CT molecular complexity index is 1600. The van der Waals surface area contributed by atoms with Gasteiger partial charge in [0.2, 0.25) is 5.91 Å². The van der Waals surface area contributed by atoms with Crippen molar-refractivity contribution >= 4 is 35.6 Å². The Hall–Kier alpha value is -4.43. The van der Waals surface area contributed by atoms with Crippen molar-refractivity contribution < 1.29 is 9.59 Å². The fraction of sp³-hybridized carbons (Fsp3) is 0.226. The third-order valence-electron chi connectivity index (χ3n) is 7.54. The van der Waals surface area contributed by atoms with Gasteiger partial charge < -0.3 is 4.90 Å². The van der Waals surface area contributed by atoms with Crippen molar-refractivity contribution in [2.45, 2.75) is 37.8 Å². The number of likely N-dealkylation sites (tertiary alicyclic amines) is 1. The average molecular weight is 551 g/mol. The molecule has 3 heterocycles. The van der Waals surface area contributed by atoms with Gasteiger partial charge in [0.1, 0.15) is 6.33 Å². The molecule has 0 spiro atoms. The maximum atomic E-state index is 14.0. The number of aromatic nitrogens is 4. The Balaban J connectivity index is 1.30. The van der Waals surface area contributed by atoms with E-state index in [4.69, 9.17) is 11.6 Å². The first-order valence-electron chi connectivity index (χ1n) is 13.3. The van der Waals surface area contributed by atoms with Crippen molar-refractivity contribution in [1.82, 2.24) is 25.1 Å². The number of ketones is 1. The van der Waals surface area contributed by atoms with Gasteiger partial charge in [-0.1, -0.05) is 60.1 Å². The number of nitrogens with zero attached hydrogens (tertiary/aromatic N) is 6. The number of tetrazole rings is 1. The van der Waals surface area contributed by atoms with Gasteiger partial charge in [-0.25, -0.2) is 0 Å². The number of hydrogen-bond acceptors (Lipinski definition) is 6. The highest BCUT2D eigenvalue weighted by Crippen LogP contribution is 2.34. The number of Topliss-reactive ketones (excluding diaryl/α,β-unsaturated/α-hetero) is 1. The number of carbonyl (C=O) groups excluding carboxylic acids is 2. The molecule has 0 N–H and O–H groups in total. The van der Waals surface area contributed by atoms with Crippen molar-refractivity contribution in [2.24, 2.45) is 4.99 Å². The van der Waals surface area contributed by atoms with Crippen LogP contribution in [0.5, 0.6) is 0 Å². The van der Waals surface area contributed by atoms with E-state index in [1.807, 2.05) is 48.7 Å². The second kappa shape index (κ2) is 11.4. The highest BCUT2D eigenvalue weighted by molar-refractivity contribution is 6.30. The second-order valence-corrected chi connectivity index (χ2v) is 10.5. The molecule has 0 radical (unpaired) electrons. The topological polar surface area (TPSA) is 93.3 Å². The zero-order valence-corrected chi connectivity index (χ0v) is 22.5. The van der Waals surface area contributed by atoms with Crippen LogP contribution in [0.1, 0.15) is 46.6 Å². The van der Waals surface area contributed by atoms with Crippen LogP contribution >= 0.6 is 11.6 Å². The lowest BCUT2D eigenvalue weighted by atomic mass is 9.80. The van der Waals surface area contributed by atoms with Crippen LogP contribution in [0.3, 0.4) is 0 Å². The molecule has 0 aliphatic carbocycles. The smallest absolute Gasteiger partial charge is 0.247 e. The molecule has 40 heavy (non-hydrogen) atoms. The molecule has 2 aliphatic rings. The van der Waals surface area contributed by atoms with Crippen LogP contribution in [-0.4, -0.2) is 55.6 Å². The largest absolute Gasteiger partial charge is 0.328 e. The van der Waals surface area contributed by atoms with E-state index in [1.54, 1.807) is 29.2 Å². The number of hydrogen-bond donors (Lipinski definition) is 0. The third-order valence-corrected chi connectivity index (χ3v) is 7.78. The quantitative estimate of drug-likeness (QED) is 0.307. The molecular weight excluding hydrogens is 524 g/mol. The number of amides is 1. The summed E-state index contributed by atoms with van der Waals surface area (Å²) in [5.74, 6) is -0.268. The highest BCUT2D eigenvalue weighted by Gasteiger charge is 2.39. The second-order valence-electron chi connectivity index (χ2n) is 10.1. The minimum absolute atomic E-state index is 0.0336. The lowest BCUT2D eigenvalue weighted by Gasteiger charge is -2.40. The fourth-order valence-corrected chi connectivity index (χ4v) is 5.85. The summed E-state index contributed by atoms with van der Waals surface area (Å²) in [6, 6.07) is 20.8. The van der Waals surface area contributed by atoms with E-state index in [2.05, 4.69) is 26.6 Å². The molecule has 4 aromatic rings. The summed E-state index contributed by atoms with van der Waals surface area (Å²) in [6.45, 7) is 1.15. The Labute approximate surface area is 237 Å². The van der Waals surface area contributed by atoms with Gasteiger partial charge in [0.15, 0.2) is 5.78 Å². The van der Waals surface area contributed by atoms with Gasteiger partial charge in [0, 0.05) is 41.8 Å². The van der Waals surface area contributed by atoms with Crippen molar-refractivity contribution in [3.05, 3.63) is 112 Å². The Morgan fingerprint density at radius 2 is 1.93 bits per heavy atom. The summed E-state index contributed by atoms with van der Waals surface area (Å²) < 4.78 is 1.51. The Morgan fingerprint density at radius 3 is 2.75 bits per heavy atom. The average Bonchev–Trinajstić information content (AvgIpc) is 3.68. The van der Waals surface area contributed by atoms with Crippen LogP contribution in [-0.2, 0) is 22.6 Å². The lowest BCUT2D eigenvalue weighted by molar-refractivity contribution is -0.138. The zero-order valence-electron chi connectivity index (χ0n) is 21.7. The maximum absolute atomic E-state index is 14.0. The van der Waals surface area contributed by atoms with Crippen molar-refractivity contribution in [2.75, 3.05) is 6.54 Å². The number of fused-ring (bicyclic) bond motifs is 1. The van der Waals surface area contributed by atoms with Gasteiger partial charge in [0.05, 0.1) is 18.3 Å². The summed E-state index contributed by atoms with van der Waals surface area (Å²) in [5, 5.41) is 11.9. The van der Waals surface area contributed by atoms with Gasteiger partial charge in [0.25, 0.3) is 0 Å². The molecule has 2 aliphatic heterocycles. The van der Waals surface area contributed by atoms with Gasteiger partial charge in [-0.2, -0.15) is 4.68 Å². The first kappa shape index (κ1) is 25.8. The first-order valence-corrected chi connectivity index (χ1v) is 13.7. The van der Waals surface area contributed by atoms with E-state index in [-0.39, 0.29) is 24.0 Å². The van der Waals surface area contributed by atoms with E-state index in [1.165, 1.54) is 17.1 Å². The van der Waals surface area contributed by atoms with E-state index in [9.17, 15) is 9.59 Å². The Kier molecular flexibility index (Phi) is 7.33. The third kappa shape index (κ3) is 5.35. The zero-order chi connectivity index (χ0) is 27.5. The van der Waals surface area contributed by atoms with Gasteiger partial charge in [-0.15, -0.1) is 5.10 Å². The van der Waals surface area contributed by atoms with Crippen LogP contribution < -0.4 is 0 Å². The fourth-order valence-electron chi connectivity index (χ4n) is 5.67. The Morgan fingerprint density at radius 1 is 1.05 bits per heavy atom. The molecule has 9 heteroatoms. The van der Waals surface area contributed by atoms with Crippen molar-refractivity contribution in [3.63, 3.8) is 0 Å². The summed E-state index contributed by atoms with van der Waals surface area (Å²) >= 11 is 6.26. The van der Waals surface area contributed by atoms with E-state index in [0.717, 1.165) is 35.1 Å². The van der Waals surface area contributed by atoms with Crippen molar-refractivity contribution in [3.8, 4) is 5.69 Å². The maximum Gasteiger partial charge on any atom is 0.247 e. The molecule has 0 bridgehead atoms. The number of piperidine rings is 1. The monoisotopic (exact) mass is 550 g/mol. The van der Waals surface area contributed by atoms with Crippen LogP contribution in [0, 0.1) is 0 Å². The van der Waals surface area contributed by atoms with E-state index in [0.29, 0.717) is 29.4 Å². The summed E-state index contributed by atoms with van der Waals surface area (Å²) in [5.41, 5.74) is 5.62. The number of benzene rings is 3. The minimum Gasteiger partial charge on any atom is -0.328 e. The predicted octanol–water partition coefficient (Wildman–Crippen LogP) is 4.85. The number of carbonyl (C=O) groups is 2. The van der Waals surface area contributed by atoms with E-state index < -0.39 is 6.04 Å². The molecule has 1 fully saturated rings. The van der Waals surface area contributed by atoms with E-state index >= 15 is 0 Å². The molecular formula is C31H27ClN6O2. The molecule has 200 valence electrons. The van der Waals surface area contributed by atoms with Crippen LogP contribution in [0.25, 0.3) is 11.8 Å². The standard InChI is InChI=1S/C31H27ClN6O2/c32-26-11-12-28(38-20-34-35-36-38)23(17-26)10-13-30(40)37-14-4-7-27(22-5-2-1-3-6-22)31(37)29(39)16-21-8-9-24-18-33-19-25(24)15-21/h1-3,5-6,8-13,15,17-18,20,27,31H,4,7,14,16,19H2/b13-10+. The minimum atomic E-state index is -0.573. The molecule has 1 saturated heterocycles. The van der Waals surface area contributed by atoms with Gasteiger partial charge in [-0.3, -0.25) is 14.6 Å². The number of halogens is 1. The van der Waals surface area contributed by atoms with Crippen molar-refractivity contribution in [1.29, 1.82) is 0 Å². The SMILES string of the molecule is O=C(Cc1ccc2c(c1)CN=C2)C1C(c2ccccc2)CCCN1C(=O)/C=C/c1cc(Cl)ccc1-n1cnnn1. The van der Waals surface area contributed by atoms with Gasteiger partial charge in [-0.05, 0) is 69.8 Å². The number of rotatable bonds is 7. The summed E-state index contributed by atoms with van der Waals surface area (Å²) in [7, 11) is 0. The normalized spacial score (nSPS) is 18.3. The predicted molar refractivity (Wildman–Crippen MR) is 154 cm³/mol. The molecule has 1 aromatic heterocycles. The molecule has 2 atom stereocenters. The van der Waals surface area contributed by atoms with Crippen LogP contribution in [0.15, 0.2) is 84.1 Å². The summed E-state index contributed by atoms with van der Waals surface area (Å²) in [4.78, 5) is 33.8. The number of aliphatic imine (C=N–C) groups is 1. The molecule has 3 aromatic carbocycles. The molecule has 2 unspecified atom stereocenters. The van der Waals surface area contributed by atoms with Gasteiger partial charge >= 0.3 is 0 Å². The molecule has 6 rings (SSSR count). The lowest BCUT2D eigenvalue weighted by Crippen LogP contribution is -2.51. The molecule has 0 saturated carbocycles. The molecule has 1 amide bonds.